The number of anilines is 2. The summed E-state index contributed by atoms with van der Waals surface area (Å²) >= 11 is 0. The molecule has 0 aliphatic rings. The summed E-state index contributed by atoms with van der Waals surface area (Å²) in [6, 6.07) is 17.7. The van der Waals surface area contributed by atoms with Crippen molar-refractivity contribution < 1.29 is 4.74 Å². The van der Waals surface area contributed by atoms with E-state index < -0.39 is 0 Å². The summed E-state index contributed by atoms with van der Waals surface area (Å²) in [6.07, 6.45) is 4.98. The summed E-state index contributed by atoms with van der Waals surface area (Å²) in [7, 11) is 1.64. The van der Waals surface area contributed by atoms with E-state index in [0.717, 1.165) is 28.3 Å². The molecule has 134 valence electrons. The first-order valence-corrected chi connectivity index (χ1v) is 8.46. The second kappa shape index (κ2) is 7.65. The van der Waals surface area contributed by atoms with Crippen LogP contribution in [0.1, 0.15) is 5.56 Å². The fourth-order valence-electron chi connectivity index (χ4n) is 2.71. The summed E-state index contributed by atoms with van der Waals surface area (Å²) in [5.41, 5.74) is 3.89. The van der Waals surface area contributed by atoms with Gasteiger partial charge in [0.2, 0.25) is 5.95 Å². The normalized spacial score (nSPS) is 10.6. The molecule has 2 heterocycles. The number of nitrogens with one attached hydrogen (secondary N) is 1. The SMILES string of the molecule is COc1ccc(Nc2nccc(-c3cccc(Cn4cncn4)c3)n2)cc1. The first kappa shape index (κ1) is 16.7. The zero-order valence-electron chi connectivity index (χ0n) is 14.8. The van der Waals surface area contributed by atoms with Crippen LogP contribution in [0.25, 0.3) is 11.3 Å². The molecule has 4 rings (SSSR count). The van der Waals surface area contributed by atoms with Gasteiger partial charge in [-0.2, -0.15) is 5.10 Å². The maximum atomic E-state index is 5.18. The van der Waals surface area contributed by atoms with E-state index in [2.05, 4.69) is 37.5 Å². The third kappa shape index (κ3) is 4.09. The van der Waals surface area contributed by atoms with Crippen LogP contribution in [-0.2, 0) is 6.54 Å². The van der Waals surface area contributed by atoms with Gasteiger partial charge in [-0.15, -0.1) is 0 Å². The topological polar surface area (TPSA) is 77.8 Å². The highest BCUT2D eigenvalue weighted by Gasteiger charge is 2.05. The molecule has 0 spiro atoms. The van der Waals surface area contributed by atoms with Gasteiger partial charge in [-0.1, -0.05) is 18.2 Å². The van der Waals surface area contributed by atoms with Gasteiger partial charge in [0.15, 0.2) is 0 Å². The minimum atomic E-state index is 0.541. The fraction of sp³-hybridized carbons (Fsp3) is 0.100. The van der Waals surface area contributed by atoms with Crippen LogP contribution in [0.2, 0.25) is 0 Å². The largest absolute Gasteiger partial charge is 0.497 e. The maximum absolute atomic E-state index is 5.18. The molecule has 0 radical (unpaired) electrons. The van der Waals surface area contributed by atoms with Crippen molar-refractivity contribution >= 4 is 11.6 Å². The van der Waals surface area contributed by atoms with Gasteiger partial charge in [0.05, 0.1) is 19.3 Å². The monoisotopic (exact) mass is 358 g/mol. The van der Waals surface area contributed by atoms with Crippen molar-refractivity contribution in [1.82, 2.24) is 24.7 Å². The van der Waals surface area contributed by atoms with E-state index in [1.807, 2.05) is 42.5 Å². The lowest BCUT2D eigenvalue weighted by Gasteiger charge is -2.08. The number of benzene rings is 2. The van der Waals surface area contributed by atoms with Crippen LogP contribution >= 0.6 is 0 Å². The molecule has 7 heteroatoms. The minimum Gasteiger partial charge on any atom is -0.497 e. The van der Waals surface area contributed by atoms with Crippen molar-refractivity contribution in [3.05, 3.63) is 79.0 Å². The number of hydrogen-bond acceptors (Lipinski definition) is 6. The van der Waals surface area contributed by atoms with Crippen LogP contribution < -0.4 is 10.1 Å². The Hall–Kier alpha value is -3.74. The average Bonchev–Trinajstić information content (AvgIpc) is 3.22. The van der Waals surface area contributed by atoms with Crippen molar-refractivity contribution in [2.24, 2.45) is 0 Å². The molecule has 0 fully saturated rings. The third-order valence-corrected chi connectivity index (χ3v) is 4.04. The van der Waals surface area contributed by atoms with Crippen molar-refractivity contribution in [2.75, 3.05) is 12.4 Å². The van der Waals surface area contributed by atoms with Crippen molar-refractivity contribution in [1.29, 1.82) is 0 Å². The molecule has 7 nitrogen and oxygen atoms in total. The van der Waals surface area contributed by atoms with Crippen LogP contribution in [-0.4, -0.2) is 31.8 Å². The molecule has 0 aliphatic carbocycles. The molecule has 27 heavy (non-hydrogen) atoms. The Morgan fingerprint density at radius 3 is 2.74 bits per heavy atom. The Bertz CT molecular complexity index is 1010. The average molecular weight is 358 g/mol. The molecule has 4 aromatic rings. The summed E-state index contributed by atoms with van der Waals surface area (Å²) in [6.45, 7) is 0.663. The standard InChI is InChI=1S/C20H18N6O/c1-27-18-7-5-17(6-8-18)24-20-22-10-9-19(25-20)16-4-2-3-15(11-16)12-26-14-21-13-23-26/h2-11,13-14H,12H2,1H3,(H,22,24,25). The van der Waals surface area contributed by atoms with Crippen molar-refractivity contribution in [2.45, 2.75) is 6.54 Å². The lowest BCUT2D eigenvalue weighted by Crippen LogP contribution is -2.01. The van der Waals surface area contributed by atoms with E-state index in [1.54, 1.807) is 24.3 Å². The molecule has 0 amide bonds. The highest BCUT2D eigenvalue weighted by molar-refractivity contribution is 5.63. The number of rotatable bonds is 6. The van der Waals surface area contributed by atoms with E-state index in [4.69, 9.17) is 4.74 Å². The third-order valence-electron chi connectivity index (χ3n) is 4.04. The van der Waals surface area contributed by atoms with Crippen molar-refractivity contribution in [3.63, 3.8) is 0 Å². The van der Waals surface area contributed by atoms with Gasteiger partial charge in [-0.3, -0.25) is 0 Å². The molecule has 2 aromatic heterocycles. The van der Waals surface area contributed by atoms with Crippen LogP contribution in [0.3, 0.4) is 0 Å². The van der Waals surface area contributed by atoms with Gasteiger partial charge >= 0.3 is 0 Å². The molecular formula is C20H18N6O. The lowest BCUT2D eigenvalue weighted by atomic mass is 10.1. The van der Waals surface area contributed by atoms with Gasteiger partial charge < -0.3 is 10.1 Å². The summed E-state index contributed by atoms with van der Waals surface area (Å²) in [5.74, 6) is 1.35. The Morgan fingerprint density at radius 1 is 1.07 bits per heavy atom. The molecule has 0 saturated carbocycles. The van der Waals surface area contributed by atoms with Crippen molar-refractivity contribution in [3.8, 4) is 17.0 Å². The smallest absolute Gasteiger partial charge is 0.227 e. The van der Waals surface area contributed by atoms with Gasteiger partial charge in [-0.05, 0) is 42.0 Å². The quantitative estimate of drug-likeness (QED) is 0.568. The van der Waals surface area contributed by atoms with Crippen LogP contribution in [0.4, 0.5) is 11.6 Å². The predicted octanol–water partition coefficient (Wildman–Crippen LogP) is 3.54. The lowest BCUT2D eigenvalue weighted by molar-refractivity contribution is 0.415. The van der Waals surface area contributed by atoms with Gasteiger partial charge in [0, 0.05) is 17.4 Å². The maximum Gasteiger partial charge on any atom is 0.227 e. The number of nitrogens with zero attached hydrogens (tertiary/aromatic N) is 5. The molecule has 0 saturated heterocycles. The second-order valence-electron chi connectivity index (χ2n) is 5.91. The molecule has 1 N–H and O–H groups in total. The van der Waals surface area contributed by atoms with Crippen LogP contribution in [0.15, 0.2) is 73.4 Å². The Kier molecular flexibility index (Phi) is 4.74. The highest BCUT2D eigenvalue weighted by Crippen LogP contribution is 2.22. The first-order chi connectivity index (χ1) is 13.3. The zero-order valence-corrected chi connectivity index (χ0v) is 14.8. The first-order valence-electron chi connectivity index (χ1n) is 8.46. The van der Waals surface area contributed by atoms with E-state index in [9.17, 15) is 0 Å². The Balaban J connectivity index is 1.54. The van der Waals surface area contributed by atoms with E-state index in [0.29, 0.717) is 12.5 Å². The Morgan fingerprint density at radius 2 is 1.96 bits per heavy atom. The summed E-state index contributed by atoms with van der Waals surface area (Å²) in [4.78, 5) is 12.9. The number of hydrogen-bond donors (Lipinski definition) is 1. The van der Waals surface area contributed by atoms with E-state index in [1.165, 1.54) is 6.33 Å². The molecule has 2 aromatic carbocycles. The molecule has 0 bridgehead atoms. The number of aromatic nitrogens is 5. The zero-order chi connectivity index (χ0) is 18.5. The number of ether oxygens (including phenoxy) is 1. The predicted molar refractivity (Wildman–Crippen MR) is 103 cm³/mol. The molecule has 0 aliphatic heterocycles. The van der Waals surface area contributed by atoms with Gasteiger partial charge in [0.1, 0.15) is 18.4 Å². The Labute approximate surface area is 156 Å². The highest BCUT2D eigenvalue weighted by atomic mass is 16.5. The second-order valence-corrected chi connectivity index (χ2v) is 5.91. The van der Waals surface area contributed by atoms with E-state index in [-0.39, 0.29) is 0 Å². The van der Waals surface area contributed by atoms with Crippen LogP contribution in [0.5, 0.6) is 5.75 Å². The van der Waals surface area contributed by atoms with Gasteiger partial charge in [-0.25, -0.2) is 19.6 Å². The van der Waals surface area contributed by atoms with Crippen LogP contribution in [0, 0.1) is 0 Å². The number of methoxy groups -OCH3 is 1. The molecule has 0 atom stereocenters. The summed E-state index contributed by atoms with van der Waals surface area (Å²) in [5, 5.41) is 7.36. The summed E-state index contributed by atoms with van der Waals surface area (Å²) < 4.78 is 6.96. The molecule has 0 unspecified atom stereocenters. The van der Waals surface area contributed by atoms with Gasteiger partial charge in [0.25, 0.3) is 0 Å². The molecular weight excluding hydrogens is 340 g/mol. The minimum absolute atomic E-state index is 0.541. The fourth-order valence-corrected chi connectivity index (χ4v) is 2.71. The van der Waals surface area contributed by atoms with E-state index >= 15 is 0 Å².